The summed E-state index contributed by atoms with van der Waals surface area (Å²) in [6.07, 6.45) is 5.37. The van der Waals surface area contributed by atoms with Crippen LogP contribution in [0.15, 0.2) is 33.3 Å². The Morgan fingerprint density at radius 3 is 2.62 bits per heavy atom. The van der Waals surface area contributed by atoms with E-state index < -0.39 is 0 Å². The number of rotatable bonds is 7. The van der Waals surface area contributed by atoms with Gasteiger partial charge in [-0.25, -0.2) is 0 Å². The van der Waals surface area contributed by atoms with Crippen LogP contribution in [0.25, 0.3) is 0 Å². The highest BCUT2D eigenvalue weighted by Crippen LogP contribution is 2.29. The average Bonchev–Trinajstić information content (AvgIpc) is 3.16. The molecule has 1 aromatic heterocycles. The molecule has 1 aromatic carbocycles. The Labute approximate surface area is 209 Å². The zero-order valence-corrected chi connectivity index (χ0v) is 21.7. The lowest BCUT2D eigenvalue weighted by molar-refractivity contribution is -0.139. The monoisotopic (exact) mass is 531 g/mol. The van der Waals surface area contributed by atoms with Crippen molar-refractivity contribution in [2.24, 2.45) is 5.92 Å². The fourth-order valence-electron chi connectivity index (χ4n) is 5.05. The summed E-state index contributed by atoms with van der Waals surface area (Å²) in [4.78, 5) is 30.1. The van der Waals surface area contributed by atoms with Crippen molar-refractivity contribution < 1.29 is 18.8 Å². The van der Waals surface area contributed by atoms with Gasteiger partial charge in [0.1, 0.15) is 17.6 Å². The van der Waals surface area contributed by atoms with Gasteiger partial charge in [0.15, 0.2) is 0 Å². The third kappa shape index (κ3) is 6.20. The van der Waals surface area contributed by atoms with Crippen molar-refractivity contribution in [3.63, 3.8) is 0 Å². The zero-order chi connectivity index (χ0) is 24.1. The third-order valence-electron chi connectivity index (χ3n) is 7.02. The van der Waals surface area contributed by atoms with Crippen molar-refractivity contribution in [2.75, 3.05) is 26.2 Å². The summed E-state index contributed by atoms with van der Waals surface area (Å²) < 4.78 is 12.5. The molecule has 34 heavy (non-hydrogen) atoms. The van der Waals surface area contributed by atoms with E-state index in [2.05, 4.69) is 21.1 Å². The minimum absolute atomic E-state index is 0.0369. The van der Waals surface area contributed by atoms with Gasteiger partial charge in [0, 0.05) is 61.4 Å². The van der Waals surface area contributed by atoms with Crippen LogP contribution in [0, 0.1) is 19.8 Å². The van der Waals surface area contributed by atoms with Crippen LogP contribution in [0.3, 0.4) is 0 Å². The van der Waals surface area contributed by atoms with Gasteiger partial charge in [0.25, 0.3) is 0 Å². The lowest BCUT2D eigenvalue weighted by Crippen LogP contribution is -2.50. The maximum atomic E-state index is 13.1. The molecule has 2 atom stereocenters. The van der Waals surface area contributed by atoms with Gasteiger partial charge in [0.2, 0.25) is 11.8 Å². The molecule has 3 heterocycles. The summed E-state index contributed by atoms with van der Waals surface area (Å²) in [7, 11) is 0. The lowest BCUT2D eigenvalue weighted by atomic mass is 9.90. The minimum Gasteiger partial charge on any atom is -0.490 e. The minimum atomic E-state index is -0.102. The zero-order valence-electron chi connectivity index (χ0n) is 20.1. The van der Waals surface area contributed by atoms with Crippen LogP contribution in [0.5, 0.6) is 5.75 Å². The molecule has 2 fully saturated rings. The lowest BCUT2D eigenvalue weighted by Gasteiger charge is -2.39. The van der Waals surface area contributed by atoms with Gasteiger partial charge >= 0.3 is 0 Å². The van der Waals surface area contributed by atoms with E-state index in [4.69, 9.17) is 9.26 Å². The fraction of sp³-hybridized carbons (Fsp3) is 0.577. The number of halogens is 1. The van der Waals surface area contributed by atoms with Gasteiger partial charge in [-0.15, -0.1) is 0 Å². The first-order valence-corrected chi connectivity index (χ1v) is 13.1. The summed E-state index contributed by atoms with van der Waals surface area (Å²) in [6, 6.07) is 7.80. The van der Waals surface area contributed by atoms with Gasteiger partial charge in [0.05, 0.1) is 5.69 Å². The highest BCUT2D eigenvalue weighted by atomic mass is 79.9. The van der Waals surface area contributed by atoms with E-state index in [1.165, 1.54) is 6.42 Å². The van der Waals surface area contributed by atoms with Crippen molar-refractivity contribution in [3.8, 4) is 5.75 Å². The van der Waals surface area contributed by atoms with Crippen molar-refractivity contribution >= 4 is 27.7 Å². The van der Waals surface area contributed by atoms with Crippen LogP contribution in [0.1, 0.15) is 55.5 Å². The highest BCUT2D eigenvalue weighted by molar-refractivity contribution is 9.10. The fourth-order valence-corrected chi connectivity index (χ4v) is 5.43. The topological polar surface area (TPSA) is 75.9 Å². The molecule has 184 valence electrons. The van der Waals surface area contributed by atoms with Crippen molar-refractivity contribution in [3.05, 3.63) is 45.8 Å². The van der Waals surface area contributed by atoms with E-state index in [1.54, 1.807) is 0 Å². The quantitative estimate of drug-likeness (QED) is 0.518. The Bertz CT molecular complexity index is 982. The van der Waals surface area contributed by atoms with Gasteiger partial charge < -0.3 is 19.1 Å². The van der Waals surface area contributed by atoms with Crippen molar-refractivity contribution in [2.45, 2.75) is 64.9 Å². The highest BCUT2D eigenvalue weighted by Gasteiger charge is 2.35. The first-order valence-electron chi connectivity index (χ1n) is 12.3. The summed E-state index contributed by atoms with van der Waals surface area (Å²) in [5.41, 5.74) is 1.86. The van der Waals surface area contributed by atoms with E-state index in [0.717, 1.165) is 53.2 Å². The molecule has 0 N–H and O–H groups in total. The molecule has 2 aromatic rings. The molecule has 0 radical (unpaired) electrons. The smallest absolute Gasteiger partial charge is 0.223 e. The second-order valence-corrected chi connectivity index (χ2v) is 10.4. The standard InChI is InChI=1S/C26H34BrN3O4/c1-18-23(19(2)34-28-18)9-10-25(31)30-14-11-24(33-22-8-6-7-21(27)16-22)20(17-30)15-26(32)29-12-4-3-5-13-29/h6-8,16,20,24H,3-5,9-15,17H2,1-2H3/t20-,24-/m0/s1. The molecule has 2 aliphatic rings. The number of piperidine rings is 2. The van der Waals surface area contributed by atoms with Crippen LogP contribution in [0.2, 0.25) is 0 Å². The number of ether oxygens (including phenoxy) is 1. The number of carbonyl (C=O) groups excluding carboxylic acids is 2. The molecular weight excluding hydrogens is 498 g/mol. The maximum absolute atomic E-state index is 13.1. The summed E-state index contributed by atoms with van der Waals surface area (Å²) >= 11 is 3.50. The van der Waals surface area contributed by atoms with Crippen LogP contribution >= 0.6 is 15.9 Å². The SMILES string of the molecule is Cc1noc(C)c1CCC(=O)N1CC[C@H](Oc2cccc(Br)c2)[C@@H](CC(=O)N2CCCCC2)C1. The van der Waals surface area contributed by atoms with Gasteiger partial charge in [-0.1, -0.05) is 27.2 Å². The van der Waals surface area contributed by atoms with Crippen LogP contribution in [-0.4, -0.2) is 59.1 Å². The van der Waals surface area contributed by atoms with E-state index in [0.29, 0.717) is 38.8 Å². The first kappa shape index (κ1) is 24.8. The maximum Gasteiger partial charge on any atom is 0.223 e. The molecule has 0 unspecified atom stereocenters. The van der Waals surface area contributed by atoms with E-state index >= 15 is 0 Å². The first-order chi connectivity index (χ1) is 16.4. The Kier molecular flexibility index (Phi) is 8.29. The number of amides is 2. The van der Waals surface area contributed by atoms with E-state index in [-0.39, 0.29) is 23.8 Å². The number of benzene rings is 1. The third-order valence-corrected chi connectivity index (χ3v) is 7.51. The molecular formula is C26H34BrN3O4. The number of aryl methyl sites for hydroxylation is 2. The number of hydrogen-bond donors (Lipinski definition) is 0. The number of carbonyl (C=O) groups is 2. The Morgan fingerprint density at radius 2 is 1.91 bits per heavy atom. The largest absolute Gasteiger partial charge is 0.490 e. The van der Waals surface area contributed by atoms with Gasteiger partial charge in [-0.2, -0.15) is 0 Å². The molecule has 2 saturated heterocycles. The summed E-state index contributed by atoms with van der Waals surface area (Å²) in [6.45, 7) is 6.63. The normalized spacial score (nSPS) is 20.9. The molecule has 0 aliphatic carbocycles. The Balaban J connectivity index is 1.42. The predicted molar refractivity (Wildman–Crippen MR) is 133 cm³/mol. The van der Waals surface area contributed by atoms with Gasteiger partial charge in [-0.3, -0.25) is 9.59 Å². The molecule has 0 bridgehead atoms. The summed E-state index contributed by atoms with van der Waals surface area (Å²) in [5, 5.41) is 3.99. The van der Waals surface area contributed by atoms with E-state index in [1.807, 2.05) is 47.9 Å². The number of nitrogens with zero attached hydrogens (tertiary/aromatic N) is 3. The van der Waals surface area contributed by atoms with Crippen molar-refractivity contribution in [1.29, 1.82) is 0 Å². The molecule has 0 saturated carbocycles. The average molecular weight is 532 g/mol. The molecule has 8 heteroatoms. The summed E-state index contributed by atoms with van der Waals surface area (Å²) in [5.74, 6) is 1.81. The Morgan fingerprint density at radius 1 is 1.12 bits per heavy atom. The second kappa shape index (κ2) is 11.4. The number of hydrogen-bond acceptors (Lipinski definition) is 5. The molecule has 0 spiro atoms. The predicted octanol–water partition coefficient (Wildman–Crippen LogP) is 4.69. The molecule has 7 nitrogen and oxygen atoms in total. The van der Waals surface area contributed by atoms with Crippen LogP contribution < -0.4 is 4.74 Å². The van der Waals surface area contributed by atoms with E-state index in [9.17, 15) is 9.59 Å². The molecule has 2 aliphatic heterocycles. The molecule has 4 rings (SSSR count). The second-order valence-electron chi connectivity index (χ2n) is 9.45. The number of likely N-dealkylation sites (tertiary alicyclic amines) is 2. The van der Waals surface area contributed by atoms with Crippen molar-refractivity contribution in [1.82, 2.24) is 15.0 Å². The van der Waals surface area contributed by atoms with Crippen LogP contribution in [0.4, 0.5) is 0 Å². The molecule has 2 amide bonds. The van der Waals surface area contributed by atoms with Crippen LogP contribution in [-0.2, 0) is 16.0 Å². The Hall–Kier alpha value is -2.35. The number of aromatic nitrogens is 1. The van der Waals surface area contributed by atoms with Gasteiger partial charge in [-0.05, 0) is 57.7 Å².